The van der Waals surface area contributed by atoms with Crippen LogP contribution >= 0.6 is 0 Å². The van der Waals surface area contributed by atoms with Crippen LogP contribution in [0.3, 0.4) is 0 Å². The predicted octanol–water partition coefficient (Wildman–Crippen LogP) is 4.76. The van der Waals surface area contributed by atoms with Crippen LogP contribution in [0.4, 0.5) is 11.6 Å². The van der Waals surface area contributed by atoms with Gasteiger partial charge >= 0.3 is 0 Å². The molecule has 0 amide bonds. The summed E-state index contributed by atoms with van der Waals surface area (Å²) in [6.07, 6.45) is 4.73. The number of amidine groups is 1. The Morgan fingerprint density at radius 1 is 1.00 bits per heavy atom. The standard InChI is InChI=1S/C23H25N5O/c24-22(25)21-19(14-20(28-23(21)26)27-16-6-4-5-7-16)15-10-12-18(13-11-15)29-17-8-2-1-3-9-17/h1-3,8-14,16H,4-7H2,(H3,24,25)(H3,26,27,28). The van der Waals surface area contributed by atoms with Crippen LogP contribution in [0.2, 0.25) is 0 Å². The van der Waals surface area contributed by atoms with Crippen molar-refractivity contribution >= 4 is 17.5 Å². The summed E-state index contributed by atoms with van der Waals surface area (Å²) in [7, 11) is 0. The average molecular weight is 387 g/mol. The number of benzene rings is 2. The molecule has 6 nitrogen and oxygen atoms in total. The Balaban J connectivity index is 1.64. The maximum Gasteiger partial charge on any atom is 0.137 e. The molecule has 0 aliphatic heterocycles. The molecular formula is C23H25N5O. The van der Waals surface area contributed by atoms with Crippen LogP contribution < -0.4 is 21.5 Å². The number of hydrogen-bond acceptors (Lipinski definition) is 5. The van der Waals surface area contributed by atoms with E-state index in [9.17, 15) is 0 Å². The Hall–Kier alpha value is -3.54. The van der Waals surface area contributed by atoms with Crippen molar-refractivity contribution in [1.29, 1.82) is 5.41 Å². The van der Waals surface area contributed by atoms with E-state index in [0.29, 0.717) is 11.6 Å². The first-order valence-corrected chi connectivity index (χ1v) is 9.85. The summed E-state index contributed by atoms with van der Waals surface area (Å²) < 4.78 is 5.87. The molecule has 1 heterocycles. The lowest BCUT2D eigenvalue weighted by Crippen LogP contribution is -2.19. The van der Waals surface area contributed by atoms with Gasteiger partial charge in [-0.25, -0.2) is 4.98 Å². The number of nitrogens with one attached hydrogen (secondary N) is 2. The first-order valence-electron chi connectivity index (χ1n) is 9.85. The molecule has 0 bridgehead atoms. The van der Waals surface area contributed by atoms with Gasteiger partial charge in [-0.1, -0.05) is 43.2 Å². The number of anilines is 2. The molecule has 148 valence electrons. The average Bonchev–Trinajstić information content (AvgIpc) is 3.21. The van der Waals surface area contributed by atoms with E-state index in [0.717, 1.165) is 41.3 Å². The number of nitrogens with two attached hydrogens (primary N) is 2. The fourth-order valence-electron chi connectivity index (χ4n) is 3.76. The van der Waals surface area contributed by atoms with Gasteiger partial charge in [-0.3, -0.25) is 5.41 Å². The van der Waals surface area contributed by atoms with Gasteiger partial charge in [0.25, 0.3) is 0 Å². The lowest BCUT2D eigenvalue weighted by atomic mass is 9.99. The highest BCUT2D eigenvalue weighted by Gasteiger charge is 2.19. The van der Waals surface area contributed by atoms with Crippen LogP contribution in [0.5, 0.6) is 11.5 Å². The predicted molar refractivity (Wildman–Crippen MR) is 117 cm³/mol. The topological polar surface area (TPSA) is 110 Å². The molecule has 2 aromatic carbocycles. The van der Waals surface area contributed by atoms with Gasteiger partial charge in [-0.2, -0.15) is 0 Å². The van der Waals surface area contributed by atoms with Gasteiger partial charge < -0.3 is 21.5 Å². The van der Waals surface area contributed by atoms with Gasteiger partial charge in [0.2, 0.25) is 0 Å². The van der Waals surface area contributed by atoms with Crippen molar-refractivity contribution in [2.45, 2.75) is 31.7 Å². The largest absolute Gasteiger partial charge is 0.457 e. The molecule has 4 rings (SSSR count). The summed E-state index contributed by atoms with van der Waals surface area (Å²) in [5.74, 6) is 2.40. The molecule has 6 N–H and O–H groups in total. The van der Waals surface area contributed by atoms with E-state index in [1.54, 1.807) is 0 Å². The zero-order chi connectivity index (χ0) is 20.2. The van der Waals surface area contributed by atoms with Gasteiger partial charge in [0.1, 0.15) is 29.0 Å². The number of hydrogen-bond donors (Lipinski definition) is 4. The Morgan fingerprint density at radius 3 is 2.31 bits per heavy atom. The first-order chi connectivity index (χ1) is 14.1. The summed E-state index contributed by atoms with van der Waals surface area (Å²) in [4.78, 5) is 4.44. The van der Waals surface area contributed by atoms with Crippen LogP contribution in [0.1, 0.15) is 31.2 Å². The summed E-state index contributed by atoms with van der Waals surface area (Å²) >= 11 is 0. The fraction of sp³-hybridized carbons (Fsp3) is 0.217. The van der Waals surface area contributed by atoms with Crippen LogP contribution in [0, 0.1) is 5.41 Å². The van der Waals surface area contributed by atoms with Crippen molar-refractivity contribution in [1.82, 2.24) is 4.98 Å². The highest BCUT2D eigenvalue weighted by Crippen LogP contribution is 2.32. The fourth-order valence-corrected chi connectivity index (χ4v) is 3.76. The van der Waals surface area contributed by atoms with Crippen molar-refractivity contribution in [3.8, 4) is 22.6 Å². The molecule has 1 aliphatic carbocycles. The first kappa shape index (κ1) is 18.8. The Kier molecular flexibility index (Phi) is 5.33. The number of para-hydroxylation sites is 1. The number of pyridine rings is 1. The zero-order valence-corrected chi connectivity index (χ0v) is 16.2. The number of nitrogens with zero attached hydrogens (tertiary/aromatic N) is 1. The summed E-state index contributed by atoms with van der Waals surface area (Å²) in [6.45, 7) is 0. The van der Waals surface area contributed by atoms with E-state index in [1.165, 1.54) is 12.8 Å². The molecule has 1 saturated carbocycles. The second-order valence-electron chi connectivity index (χ2n) is 7.29. The van der Waals surface area contributed by atoms with Gasteiger partial charge in [0.05, 0.1) is 5.56 Å². The number of nitrogen functional groups attached to an aromatic ring is 2. The Morgan fingerprint density at radius 2 is 1.66 bits per heavy atom. The molecule has 1 aromatic heterocycles. The lowest BCUT2D eigenvalue weighted by Gasteiger charge is -2.17. The normalized spacial score (nSPS) is 13.9. The van der Waals surface area contributed by atoms with E-state index < -0.39 is 0 Å². The molecule has 0 radical (unpaired) electrons. The summed E-state index contributed by atoms with van der Waals surface area (Å²) in [5.41, 5.74) is 14.1. The van der Waals surface area contributed by atoms with Crippen LogP contribution in [-0.2, 0) is 0 Å². The quantitative estimate of drug-likeness (QED) is 0.360. The monoisotopic (exact) mass is 387 g/mol. The minimum absolute atomic E-state index is 0.0953. The Bertz CT molecular complexity index is 996. The second-order valence-corrected chi connectivity index (χ2v) is 7.29. The summed E-state index contributed by atoms with van der Waals surface area (Å²) in [6, 6.07) is 19.7. The van der Waals surface area contributed by atoms with Crippen LogP contribution in [0.25, 0.3) is 11.1 Å². The highest BCUT2D eigenvalue weighted by atomic mass is 16.5. The van der Waals surface area contributed by atoms with E-state index in [2.05, 4.69) is 10.3 Å². The lowest BCUT2D eigenvalue weighted by molar-refractivity contribution is 0.483. The third kappa shape index (κ3) is 4.32. The number of aromatic nitrogens is 1. The van der Waals surface area contributed by atoms with Crippen molar-refractivity contribution in [3.05, 3.63) is 66.2 Å². The molecule has 3 aromatic rings. The molecule has 0 spiro atoms. The van der Waals surface area contributed by atoms with Crippen molar-refractivity contribution < 1.29 is 4.74 Å². The van der Waals surface area contributed by atoms with Gasteiger partial charge in [0.15, 0.2) is 0 Å². The van der Waals surface area contributed by atoms with E-state index in [-0.39, 0.29) is 11.7 Å². The molecule has 0 saturated heterocycles. The third-order valence-corrected chi connectivity index (χ3v) is 5.17. The third-order valence-electron chi connectivity index (χ3n) is 5.17. The van der Waals surface area contributed by atoms with E-state index >= 15 is 0 Å². The van der Waals surface area contributed by atoms with Crippen molar-refractivity contribution in [3.63, 3.8) is 0 Å². The van der Waals surface area contributed by atoms with Crippen molar-refractivity contribution in [2.24, 2.45) is 5.73 Å². The van der Waals surface area contributed by atoms with Crippen LogP contribution in [-0.4, -0.2) is 16.9 Å². The maximum absolute atomic E-state index is 7.96. The minimum Gasteiger partial charge on any atom is -0.457 e. The maximum atomic E-state index is 7.96. The molecule has 0 unspecified atom stereocenters. The molecule has 0 atom stereocenters. The minimum atomic E-state index is -0.0953. The zero-order valence-electron chi connectivity index (χ0n) is 16.2. The van der Waals surface area contributed by atoms with E-state index in [1.807, 2.05) is 60.7 Å². The molecule has 6 heteroatoms. The SMILES string of the molecule is N=C(N)c1c(-c2ccc(Oc3ccccc3)cc2)cc(NC2CCCC2)nc1N. The molecule has 1 aliphatic rings. The molecular weight excluding hydrogens is 362 g/mol. The Labute approximate surface area is 170 Å². The van der Waals surface area contributed by atoms with E-state index in [4.69, 9.17) is 21.6 Å². The summed E-state index contributed by atoms with van der Waals surface area (Å²) in [5, 5.41) is 11.4. The smallest absolute Gasteiger partial charge is 0.137 e. The second kappa shape index (κ2) is 8.22. The molecule has 1 fully saturated rings. The van der Waals surface area contributed by atoms with Gasteiger partial charge in [0, 0.05) is 6.04 Å². The molecule has 29 heavy (non-hydrogen) atoms. The van der Waals surface area contributed by atoms with Gasteiger partial charge in [-0.05, 0) is 54.3 Å². The van der Waals surface area contributed by atoms with Gasteiger partial charge in [-0.15, -0.1) is 0 Å². The number of ether oxygens (including phenoxy) is 1. The highest BCUT2D eigenvalue weighted by molar-refractivity contribution is 6.05. The number of rotatable bonds is 6. The van der Waals surface area contributed by atoms with Crippen molar-refractivity contribution in [2.75, 3.05) is 11.1 Å². The van der Waals surface area contributed by atoms with Crippen LogP contribution in [0.15, 0.2) is 60.7 Å².